The fourth-order valence-corrected chi connectivity index (χ4v) is 4.20. The Morgan fingerprint density at radius 2 is 1.94 bits per heavy atom. The van der Waals surface area contributed by atoms with Gasteiger partial charge in [0.2, 0.25) is 5.82 Å². The molecule has 0 bridgehead atoms. The number of H-pyrrole nitrogens is 1. The van der Waals surface area contributed by atoms with E-state index in [-0.39, 0.29) is 23.3 Å². The number of carbonyl (C=O) groups excluding carboxylic acids is 2. The van der Waals surface area contributed by atoms with Crippen molar-refractivity contribution in [3.8, 4) is 23.2 Å². The zero-order valence-corrected chi connectivity index (χ0v) is 19.4. The van der Waals surface area contributed by atoms with E-state index in [9.17, 15) is 9.59 Å². The van der Waals surface area contributed by atoms with Crippen molar-refractivity contribution < 1.29 is 9.59 Å². The van der Waals surface area contributed by atoms with Crippen LogP contribution in [0.25, 0.3) is 11.4 Å². The second-order valence-corrected chi connectivity index (χ2v) is 8.26. The zero-order valence-electron chi connectivity index (χ0n) is 19.4. The van der Waals surface area contributed by atoms with E-state index in [0.29, 0.717) is 12.4 Å². The number of amides is 2. The molecule has 2 amide bonds. The first kappa shape index (κ1) is 22.9. The molecular formula is C26H22N8O2. The van der Waals surface area contributed by atoms with Gasteiger partial charge in [0.25, 0.3) is 11.8 Å². The number of carbonyl (C=O) groups is 2. The first-order valence-corrected chi connectivity index (χ1v) is 11.4. The van der Waals surface area contributed by atoms with Crippen LogP contribution in [0.3, 0.4) is 0 Å². The molecule has 4 aromatic rings. The Morgan fingerprint density at radius 3 is 2.75 bits per heavy atom. The predicted octanol–water partition coefficient (Wildman–Crippen LogP) is 2.38. The molecule has 2 heterocycles. The molecule has 1 atom stereocenters. The van der Waals surface area contributed by atoms with Crippen LogP contribution in [-0.4, -0.2) is 42.4 Å². The molecule has 0 unspecified atom stereocenters. The highest BCUT2D eigenvalue weighted by molar-refractivity contribution is 5.97. The minimum absolute atomic E-state index is 0.122. The topological polar surface area (TPSA) is 138 Å². The SMILES string of the molecule is CC#Cc1cccc(CNC(=O)c2cc(C(=O)N[C@H]3CCc4cc(-c5nn[nH]n5)ccc43)ncn2)c1. The van der Waals surface area contributed by atoms with Crippen LogP contribution in [0.1, 0.15) is 62.6 Å². The van der Waals surface area contributed by atoms with Crippen LogP contribution in [0.15, 0.2) is 54.9 Å². The van der Waals surface area contributed by atoms with Gasteiger partial charge >= 0.3 is 0 Å². The lowest BCUT2D eigenvalue weighted by molar-refractivity contribution is 0.0931. The molecule has 1 aliphatic carbocycles. The normalized spacial score (nSPS) is 13.9. The Morgan fingerprint density at radius 1 is 1.08 bits per heavy atom. The van der Waals surface area contributed by atoms with Gasteiger partial charge in [-0.3, -0.25) is 9.59 Å². The van der Waals surface area contributed by atoms with E-state index in [1.165, 1.54) is 12.4 Å². The van der Waals surface area contributed by atoms with Gasteiger partial charge in [-0.15, -0.1) is 16.1 Å². The van der Waals surface area contributed by atoms with Gasteiger partial charge in [-0.1, -0.05) is 30.2 Å². The number of rotatable bonds is 6. The van der Waals surface area contributed by atoms with Gasteiger partial charge in [0.1, 0.15) is 17.7 Å². The Kier molecular flexibility index (Phi) is 6.44. The summed E-state index contributed by atoms with van der Waals surface area (Å²) in [5, 5.41) is 19.9. The fourth-order valence-electron chi connectivity index (χ4n) is 4.20. The van der Waals surface area contributed by atoms with Gasteiger partial charge in [-0.25, -0.2) is 9.97 Å². The standard InChI is InChI=1S/C26H22N8O2/c1-2-4-16-5-3-6-17(11-16)14-27-25(35)22-13-23(29-15-28-22)26(36)30-21-10-8-18-12-19(7-9-20(18)21)24-31-33-34-32-24/h3,5-7,9,11-13,15,21H,8,10,14H2,1H3,(H,27,35)(H,30,36)(H,31,32,33,34)/t21-/m0/s1. The number of fused-ring (bicyclic) bond motifs is 1. The van der Waals surface area contributed by atoms with Crippen LogP contribution in [0.4, 0.5) is 0 Å². The smallest absolute Gasteiger partial charge is 0.270 e. The quantitative estimate of drug-likeness (QED) is 0.362. The summed E-state index contributed by atoms with van der Waals surface area (Å²) in [6.45, 7) is 2.09. The molecule has 0 saturated heterocycles. The maximum absolute atomic E-state index is 12.9. The number of nitrogens with one attached hydrogen (secondary N) is 3. The summed E-state index contributed by atoms with van der Waals surface area (Å²) >= 11 is 0. The highest BCUT2D eigenvalue weighted by Crippen LogP contribution is 2.33. The number of aromatic nitrogens is 6. The van der Waals surface area contributed by atoms with Gasteiger partial charge < -0.3 is 10.6 Å². The van der Waals surface area contributed by atoms with Crippen molar-refractivity contribution in [2.45, 2.75) is 32.4 Å². The number of hydrogen-bond donors (Lipinski definition) is 3. The Labute approximate surface area is 207 Å². The number of nitrogens with zero attached hydrogens (tertiary/aromatic N) is 5. The van der Waals surface area contributed by atoms with Crippen molar-refractivity contribution in [3.05, 3.63) is 88.5 Å². The number of tetrazole rings is 1. The maximum Gasteiger partial charge on any atom is 0.270 e. The van der Waals surface area contributed by atoms with Crippen molar-refractivity contribution in [2.75, 3.05) is 0 Å². The Balaban J connectivity index is 1.23. The van der Waals surface area contributed by atoms with Crippen LogP contribution in [-0.2, 0) is 13.0 Å². The summed E-state index contributed by atoms with van der Waals surface area (Å²) in [5.74, 6) is 5.63. The third-order valence-electron chi connectivity index (χ3n) is 5.91. The van der Waals surface area contributed by atoms with Crippen molar-refractivity contribution in [3.63, 3.8) is 0 Å². The van der Waals surface area contributed by atoms with E-state index in [2.05, 4.69) is 53.1 Å². The molecular weight excluding hydrogens is 456 g/mol. The molecule has 1 aliphatic rings. The first-order chi connectivity index (χ1) is 17.6. The average molecular weight is 479 g/mol. The monoisotopic (exact) mass is 478 g/mol. The van der Waals surface area contributed by atoms with Crippen molar-refractivity contribution >= 4 is 11.8 Å². The lowest BCUT2D eigenvalue weighted by atomic mass is 10.0. The highest BCUT2D eigenvalue weighted by Gasteiger charge is 2.26. The van der Waals surface area contributed by atoms with Crippen LogP contribution < -0.4 is 10.6 Å². The van der Waals surface area contributed by atoms with E-state index in [1.54, 1.807) is 6.92 Å². The van der Waals surface area contributed by atoms with Gasteiger partial charge in [0.15, 0.2) is 0 Å². The first-order valence-electron chi connectivity index (χ1n) is 11.4. The largest absolute Gasteiger partial charge is 0.347 e. The number of aryl methyl sites for hydroxylation is 1. The van der Waals surface area contributed by atoms with E-state index in [1.807, 2.05) is 42.5 Å². The summed E-state index contributed by atoms with van der Waals surface area (Å²) < 4.78 is 0. The van der Waals surface area contributed by atoms with Gasteiger partial charge in [-0.2, -0.15) is 5.21 Å². The molecule has 178 valence electrons. The summed E-state index contributed by atoms with van der Waals surface area (Å²) in [7, 11) is 0. The summed E-state index contributed by atoms with van der Waals surface area (Å²) in [6.07, 6.45) is 2.80. The molecule has 2 aromatic carbocycles. The third-order valence-corrected chi connectivity index (χ3v) is 5.91. The van der Waals surface area contributed by atoms with E-state index >= 15 is 0 Å². The van der Waals surface area contributed by atoms with Gasteiger partial charge in [-0.05, 0) is 59.9 Å². The molecule has 0 saturated carbocycles. The second-order valence-electron chi connectivity index (χ2n) is 8.26. The third kappa shape index (κ3) is 4.95. The summed E-state index contributed by atoms with van der Waals surface area (Å²) in [5.41, 5.74) is 5.08. The Bertz CT molecular complexity index is 1490. The van der Waals surface area contributed by atoms with Crippen molar-refractivity contribution in [1.82, 2.24) is 41.2 Å². The fraction of sp³-hybridized carbons (Fsp3) is 0.192. The zero-order chi connectivity index (χ0) is 24.9. The van der Waals surface area contributed by atoms with Gasteiger partial charge in [0, 0.05) is 23.7 Å². The van der Waals surface area contributed by atoms with Crippen molar-refractivity contribution in [1.29, 1.82) is 0 Å². The van der Waals surface area contributed by atoms with Gasteiger partial charge in [0.05, 0.1) is 6.04 Å². The Hall–Kier alpha value is -4.91. The maximum atomic E-state index is 12.9. The molecule has 36 heavy (non-hydrogen) atoms. The minimum Gasteiger partial charge on any atom is -0.347 e. The summed E-state index contributed by atoms with van der Waals surface area (Å²) in [6, 6.07) is 14.8. The molecule has 0 spiro atoms. The molecule has 3 N–H and O–H groups in total. The van der Waals surface area contributed by atoms with E-state index in [0.717, 1.165) is 40.7 Å². The summed E-state index contributed by atoms with van der Waals surface area (Å²) in [4.78, 5) is 33.7. The molecule has 2 aromatic heterocycles. The number of benzene rings is 2. The molecule has 10 nitrogen and oxygen atoms in total. The van der Waals surface area contributed by atoms with Crippen LogP contribution in [0.5, 0.6) is 0 Å². The van der Waals surface area contributed by atoms with E-state index in [4.69, 9.17) is 0 Å². The number of aromatic amines is 1. The predicted molar refractivity (Wildman–Crippen MR) is 130 cm³/mol. The lowest BCUT2D eigenvalue weighted by Crippen LogP contribution is -2.29. The van der Waals surface area contributed by atoms with E-state index < -0.39 is 5.91 Å². The minimum atomic E-state index is -0.390. The molecule has 5 rings (SSSR count). The second kappa shape index (κ2) is 10.1. The molecule has 0 aliphatic heterocycles. The molecule has 0 radical (unpaired) electrons. The van der Waals surface area contributed by atoms with Crippen LogP contribution >= 0.6 is 0 Å². The lowest BCUT2D eigenvalue weighted by Gasteiger charge is -2.14. The molecule has 0 fully saturated rings. The highest BCUT2D eigenvalue weighted by atomic mass is 16.2. The average Bonchev–Trinajstić information content (AvgIpc) is 3.58. The van der Waals surface area contributed by atoms with Crippen molar-refractivity contribution in [2.24, 2.45) is 0 Å². The number of hydrogen-bond acceptors (Lipinski definition) is 7. The van der Waals surface area contributed by atoms with Crippen LogP contribution in [0.2, 0.25) is 0 Å². The van der Waals surface area contributed by atoms with Crippen LogP contribution in [0, 0.1) is 11.8 Å². The molecule has 10 heteroatoms.